The normalized spacial score (nSPS) is 12.8. The van der Waals surface area contributed by atoms with Crippen molar-refractivity contribution in [2.24, 2.45) is 5.92 Å². The Morgan fingerprint density at radius 1 is 1.27 bits per heavy atom. The van der Waals surface area contributed by atoms with Crippen LogP contribution in [0.4, 0.5) is 0 Å². The molecule has 82 valence electrons. The maximum atomic E-state index is 10.6. The molecule has 1 atom stereocenters. The van der Waals surface area contributed by atoms with Crippen molar-refractivity contribution in [3.63, 3.8) is 0 Å². The van der Waals surface area contributed by atoms with Crippen LogP contribution in [-0.2, 0) is 0 Å². The van der Waals surface area contributed by atoms with E-state index in [2.05, 4.69) is 0 Å². The van der Waals surface area contributed by atoms with Crippen LogP contribution in [0.25, 0.3) is 0 Å². The molecule has 15 heavy (non-hydrogen) atoms. The second-order valence-electron chi connectivity index (χ2n) is 4.07. The molecule has 0 bridgehead atoms. The third-order valence-electron chi connectivity index (χ3n) is 2.24. The van der Waals surface area contributed by atoms with E-state index in [1.807, 2.05) is 13.8 Å². The van der Waals surface area contributed by atoms with Crippen LogP contribution in [0.2, 0.25) is 0 Å². The SMILES string of the molecule is CC(C)C[C@H](O)c1ccc(C(=O)O)cc1. The van der Waals surface area contributed by atoms with Gasteiger partial charge in [-0.1, -0.05) is 26.0 Å². The van der Waals surface area contributed by atoms with Gasteiger partial charge in [-0.25, -0.2) is 4.79 Å². The standard InChI is InChI=1S/C12H16O3/c1-8(2)7-11(13)9-3-5-10(6-4-9)12(14)15/h3-6,8,11,13H,7H2,1-2H3,(H,14,15)/t11-/m0/s1. The highest BCUT2D eigenvalue weighted by molar-refractivity contribution is 5.87. The molecule has 0 amide bonds. The molecule has 0 unspecified atom stereocenters. The van der Waals surface area contributed by atoms with Gasteiger partial charge in [0.1, 0.15) is 0 Å². The van der Waals surface area contributed by atoms with Gasteiger partial charge in [0.05, 0.1) is 11.7 Å². The van der Waals surface area contributed by atoms with Crippen molar-refractivity contribution in [2.75, 3.05) is 0 Å². The average Bonchev–Trinajstić information content (AvgIpc) is 2.17. The maximum Gasteiger partial charge on any atom is 0.335 e. The first kappa shape index (κ1) is 11.7. The third kappa shape index (κ3) is 3.36. The molecule has 1 rings (SSSR count). The zero-order valence-corrected chi connectivity index (χ0v) is 8.97. The zero-order valence-electron chi connectivity index (χ0n) is 8.97. The largest absolute Gasteiger partial charge is 0.478 e. The number of hydrogen-bond acceptors (Lipinski definition) is 2. The van der Waals surface area contributed by atoms with E-state index in [4.69, 9.17) is 5.11 Å². The molecule has 0 saturated carbocycles. The molecule has 0 fully saturated rings. The van der Waals surface area contributed by atoms with Gasteiger partial charge in [0.15, 0.2) is 0 Å². The number of aliphatic hydroxyl groups excluding tert-OH is 1. The first-order valence-electron chi connectivity index (χ1n) is 5.02. The minimum Gasteiger partial charge on any atom is -0.478 e. The highest BCUT2D eigenvalue weighted by atomic mass is 16.4. The number of rotatable bonds is 4. The van der Waals surface area contributed by atoms with Crippen molar-refractivity contribution in [3.05, 3.63) is 35.4 Å². The molecule has 0 radical (unpaired) electrons. The fraction of sp³-hybridized carbons (Fsp3) is 0.417. The van der Waals surface area contributed by atoms with Gasteiger partial charge < -0.3 is 10.2 Å². The van der Waals surface area contributed by atoms with Gasteiger partial charge in [0.2, 0.25) is 0 Å². The van der Waals surface area contributed by atoms with Gasteiger partial charge >= 0.3 is 5.97 Å². The fourth-order valence-electron chi connectivity index (χ4n) is 1.43. The molecule has 3 heteroatoms. The maximum absolute atomic E-state index is 10.6. The van der Waals surface area contributed by atoms with E-state index in [0.717, 1.165) is 5.56 Å². The molecule has 0 aliphatic carbocycles. The monoisotopic (exact) mass is 208 g/mol. The van der Waals surface area contributed by atoms with Crippen LogP contribution in [0.5, 0.6) is 0 Å². The molecular weight excluding hydrogens is 192 g/mol. The number of benzene rings is 1. The molecule has 0 aliphatic rings. The second kappa shape index (κ2) is 4.94. The van der Waals surface area contributed by atoms with E-state index in [1.54, 1.807) is 12.1 Å². The van der Waals surface area contributed by atoms with E-state index in [0.29, 0.717) is 12.3 Å². The predicted octanol–water partition coefficient (Wildman–Crippen LogP) is 2.46. The topological polar surface area (TPSA) is 57.5 Å². The Bertz CT molecular complexity index is 327. The number of carboxylic acids is 1. The van der Waals surface area contributed by atoms with Crippen molar-refractivity contribution in [3.8, 4) is 0 Å². The van der Waals surface area contributed by atoms with E-state index in [1.165, 1.54) is 12.1 Å². The molecule has 0 aliphatic heterocycles. The zero-order chi connectivity index (χ0) is 11.4. The summed E-state index contributed by atoms with van der Waals surface area (Å²) in [5, 5.41) is 18.5. The van der Waals surface area contributed by atoms with E-state index < -0.39 is 12.1 Å². The Morgan fingerprint density at radius 3 is 2.20 bits per heavy atom. The summed E-state index contributed by atoms with van der Waals surface area (Å²) in [7, 11) is 0. The van der Waals surface area contributed by atoms with Crippen LogP contribution in [0.3, 0.4) is 0 Å². The van der Waals surface area contributed by atoms with E-state index in [-0.39, 0.29) is 5.56 Å². The summed E-state index contributed by atoms with van der Waals surface area (Å²) in [6.07, 6.45) is 0.180. The summed E-state index contributed by atoms with van der Waals surface area (Å²) in [5.74, 6) is -0.529. The summed E-state index contributed by atoms with van der Waals surface area (Å²) < 4.78 is 0. The lowest BCUT2D eigenvalue weighted by molar-refractivity contribution is 0.0696. The molecule has 2 N–H and O–H groups in total. The van der Waals surface area contributed by atoms with Crippen LogP contribution >= 0.6 is 0 Å². The second-order valence-corrected chi connectivity index (χ2v) is 4.07. The van der Waals surface area contributed by atoms with Gasteiger partial charge in [0.25, 0.3) is 0 Å². The van der Waals surface area contributed by atoms with Crippen LogP contribution in [-0.4, -0.2) is 16.2 Å². The minimum absolute atomic E-state index is 0.246. The lowest BCUT2D eigenvalue weighted by atomic mass is 9.99. The molecule has 1 aromatic rings. The summed E-state index contributed by atoms with van der Waals surface area (Å²) in [4.78, 5) is 10.6. The highest BCUT2D eigenvalue weighted by Crippen LogP contribution is 2.21. The lowest BCUT2D eigenvalue weighted by Gasteiger charge is -2.13. The van der Waals surface area contributed by atoms with Crippen LogP contribution in [0.15, 0.2) is 24.3 Å². The predicted molar refractivity (Wildman–Crippen MR) is 57.8 cm³/mol. The van der Waals surface area contributed by atoms with Crippen molar-refractivity contribution in [1.29, 1.82) is 0 Å². The molecule has 0 saturated heterocycles. The number of aliphatic hydroxyl groups is 1. The van der Waals surface area contributed by atoms with Crippen molar-refractivity contribution in [2.45, 2.75) is 26.4 Å². The Labute approximate surface area is 89.4 Å². The molecule has 0 heterocycles. The highest BCUT2D eigenvalue weighted by Gasteiger charge is 2.10. The number of hydrogen-bond donors (Lipinski definition) is 2. The van der Waals surface area contributed by atoms with Crippen molar-refractivity contribution >= 4 is 5.97 Å². The van der Waals surface area contributed by atoms with Gasteiger partial charge in [0, 0.05) is 0 Å². The summed E-state index contributed by atoms with van der Waals surface area (Å²) in [6.45, 7) is 4.07. The number of carboxylic acid groups (broad SMARTS) is 1. The first-order valence-corrected chi connectivity index (χ1v) is 5.02. The van der Waals surface area contributed by atoms with Gasteiger partial charge in [-0.2, -0.15) is 0 Å². The minimum atomic E-state index is -0.945. The summed E-state index contributed by atoms with van der Waals surface area (Å²) in [6, 6.07) is 6.36. The van der Waals surface area contributed by atoms with Crippen molar-refractivity contribution in [1.82, 2.24) is 0 Å². The third-order valence-corrected chi connectivity index (χ3v) is 2.24. The molecule has 1 aromatic carbocycles. The lowest BCUT2D eigenvalue weighted by Crippen LogP contribution is -2.03. The molecule has 0 aromatic heterocycles. The van der Waals surface area contributed by atoms with Crippen LogP contribution < -0.4 is 0 Å². The van der Waals surface area contributed by atoms with Gasteiger partial charge in [-0.15, -0.1) is 0 Å². The Morgan fingerprint density at radius 2 is 1.80 bits per heavy atom. The smallest absolute Gasteiger partial charge is 0.335 e. The van der Waals surface area contributed by atoms with Crippen LogP contribution in [0, 0.1) is 5.92 Å². The molecule has 0 spiro atoms. The Hall–Kier alpha value is -1.35. The quantitative estimate of drug-likeness (QED) is 0.799. The van der Waals surface area contributed by atoms with Gasteiger partial charge in [-0.3, -0.25) is 0 Å². The molecular formula is C12H16O3. The van der Waals surface area contributed by atoms with Crippen molar-refractivity contribution < 1.29 is 15.0 Å². The van der Waals surface area contributed by atoms with E-state index in [9.17, 15) is 9.90 Å². The van der Waals surface area contributed by atoms with Crippen LogP contribution in [0.1, 0.15) is 42.3 Å². The Balaban J connectivity index is 2.75. The Kier molecular flexibility index (Phi) is 3.86. The van der Waals surface area contributed by atoms with Gasteiger partial charge in [-0.05, 0) is 30.0 Å². The average molecular weight is 208 g/mol. The number of carbonyl (C=O) groups is 1. The first-order chi connectivity index (χ1) is 7.00. The number of aromatic carboxylic acids is 1. The summed E-state index contributed by atoms with van der Waals surface area (Å²) in [5.41, 5.74) is 1.02. The fourth-order valence-corrected chi connectivity index (χ4v) is 1.43. The van der Waals surface area contributed by atoms with E-state index >= 15 is 0 Å². The molecule has 3 nitrogen and oxygen atoms in total. The summed E-state index contributed by atoms with van der Waals surface area (Å²) >= 11 is 0.